The van der Waals surface area contributed by atoms with E-state index in [-0.39, 0.29) is 11.8 Å². The van der Waals surface area contributed by atoms with Crippen molar-refractivity contribution in [2.45, 2.75) is 63.5 Å². The zero-order valence-corrected chi connectivity index (χ0v) is 20.1. The van der Waals surface area contributed by atoms with Gasteiger partial charge in [-0.25, -0.2) is 17.2 Å². The van der Waals surface area contributed by atoms with Crippen LogP contribution in [0.25, 0.3) is 10.9 Å². The molecule has 0 bridgehead atoms. The highest BCUT2D eigenvalue weighted by molar-refractivity contribution is 7.89. The number of rotatable bonds is 3. The number of carboxylic acid groups (broad SMARTS) is 1. The molecule has 2 amide bonds. The first-order valence-electron chi connectivity index (χ1n) is 11.7. The van der Waals surface area contributed by atoms with Crippen LogP contribution in [0.15, 0.2) is 24.3 Å². The molecule has 2 aromatic rings. The molecule has 2 heterocycles. The highest BCUT2D eigenvalue weighted by Gasteiger charge is 2.44. The number of hydrogen-bond acceptors (Lipinski definition) is 5. The summed E-state index contributed by atoms with van der Waals surface area (Å²) in [7, 11) is -3.37. The monoisotopic (exact) mass is 486 g/mol. The van der Waals surface area contributed by atoms with Crippen LogP contribution in [0.3, 0.4) is 0 Å². The number of amides is 2. The van der Waals surface area contributed by atoms with Crippen LogP contribution in [-0.4, -0.2) is 52.7 Å². The van der Waals surface area contributed by atoms with Crippen LogP contribution < -0.4 is 5.32 Å². The number of hydrogen-bond donors (Lipinski definition) is 2. The molecule has 0 saturated heterocycles. The molecule has 0 radical (unpaired) electrons. The number of fused-ring (bicyclic) bond motifs is 3. The minimum atomic E-state index is -3.37. The minimum absolute atomic E-state index is 0.151. The number of benzene rings is 1. The van der Waals surface area contributed by atoms with Crippen LogP contribution in [-0.2, 0) is 27.8 Å². The van der Waals surface area contributed by atoms with Gasteiger partial charge >= 0.3 is 6.09 Å². The lowest BCUT2D eigenvalue weighted by molar-refractivity contribution is -0.137. The molecule has 1 aromatic carbocycles. The molecule has 1 aliphatic heterocycles. The fourth-order valence-corrected chi connectivity index (χ4v) is 6.16. The second kappa shape index (κ2) is 9.29. The van der Waals surface area contributed by atoms with E-state index in [4.69, 9.17) is 10.4 Å². The Hall–Kier alpha value is -3.06. The summed E-state index contributed by atoms with van der Waals surface area (Å²) >= 11 is 0. The summed E-state index contributed by atoms with van der Waals surface area (Å²) in [5, 5.41) is 19.6. The SMILES string of the molecule is CS(=O)(=O)n1c2c(c3ccccc31)CN(C(=O)C1CCCCC1)CC2.N#CC1(NC(=O)O)CC1. The van der Waals surface area contributed by atoms with Gasteiger partial charge < -0.3 is 15.3 Å². The molecule has 2 saturated carbocycles. The first-order valence-corrected chi connectivity index (χ1v) is 13.5. The average molecular weight is 487 g/mol. The fraction of sp³-hybridized carbons (Fsp3) is 0.542. The first-order chi connectivity index (χ1) is 16.1. The summed E-state index contributed by atoms with van der Waals surface area (Å²) in [6.07, 6.45) is 7.52. The van der Waals surface area contributed by atoms with Crippen LogP contribution in [0.2, 0.25) is 0 Å². The van der Waals surface area contributed by atoms with E-state index in [2.05, 4.69) is 5.32 Å². The van der Waals surface area contributed by atoms with Gasteiger partial charge in [-0.2, -0.15) is 5.26 Å². The fourth-order valence-electron chi connectivity index (χ4n) is 5.04. The molecule has 9 nitrogen and oxygen atoms in total. The van der Waals surface area contributed by atoms with Crippen LogP contribution >= 0.6 is 0 Å². The lowest BCUT2D eigenvalue weighted by Crippen LogP contribution is -2.40. The van der Waals surface area contributed by atoms with E-state index in [0.717, 1.165) is 47.8 Å². The lowest BCUT2D eigenvalue weighted by atomic mass is 9.87. The molecule has 10 heteroatoms. The van der Waals surface area contributed by atoms with Crippen LogP contribution in [0.5, 0.6) is 0 Å². The van der Waals surface area contributed by atoms with Crippen molar-refractivity contribution >= 4 is 32.9 Å². The van der Waals surface area contributed by atoms with Gasteiger partial charge in [0.05, 0.1) is 17.8 Å². The second-order valence-corrected chi connectivity index (χ2v) is 11.3. The van der Waals surface area contributed by atoms with Gasteiger partial charge in [0, 0.05) is 42.1 Å². The zero-order chi connectivity index (χ0) is 24.5. The summed E-state index contributed by atoms with van der Waals surface area (Å²) in [5.41, 5.74) is 1.83. The van der Waals surface area contributed by atoms with Crippen molar-refractivity contribution in [2.75, 3.05) is 12.8 Å². The Kier molecular flexibility index (Phi) is 6.58. The number of carbonyl (C=O) groups is 2. The van der Waals surface area contributed by atoms with Gasteiger partial charge in [-0.1, -0.05) is 37.5 Å². The van der Waals surface area contributed by atoms with Crippen molar-refractivity contribution in [1.82, 2.24) is 14.2 Å². The van der Waals surface area contributed by atoms with Crippen LogP contribution in [0.4, 0.5) is 4.79 Å². The first kappa shape index (κ1) is 24.1. The molecule has 5 rings (SSSR count). The molecule has 0 unspecified atom stereocenters. The number of para-hydroxylation sites is 1. The topological polar surface area (TPSA) is 132 Å². The Morgan fingerprint density at radius 1 is 1.18 bits per heavy atom. The van der Waals surface area contributed by atoms with E-state index >= 15 is 0 Å². The Bertz CT molecular complexity index is 1250. The highest BCUT2D eigenvalue weighted by Crippen LogP contribution is 2.35. The van der Waals surface area contributed by atoms with Gasteiger partial charge in [0.1, 0.15) is 5.54 Å². The summed E-state index contributed by atoms with van der Waals surface area (Å²) in [6.45, 7) is 1.13. The van der Waals surface area contributed by atoms with Crippen molar-refractivity contribution in [3.05, 3.63) is 35.5 Å². The molecule has 182 valence electrons. The van der Waals surface area contributed by atoms with Gasteiger partial charge in [-0.15, -0.1) is 0 Å². The predicted octanol–water partition coefficient (Wildman–Crippen LogP) is 3.22. The number of nitrogens with zero attached hydrogens (tertiary/aromatic N) is 3. The smallest absolute Gasteiger partial charge is 0.405 e. The third-order valence-electron chi connectivity index (χ3n) is 6.92. The molecule has 2 N–H and O–H groups in total. The molecule has 0 atom stereocenters. The van der Waals surface area contributed by atoms with Gasteiger partial charge in [0.25, 0.3) is 0 Å². The Labute approximate surface area is 199 Å². The Morgan fingerprint density at radius 3 is 2.41 bits per heavy atom. The number of carbonyl (C=O) groups excluding carboxylic acids is 1. The molecule has 34 heavy (non-hydrogen) atoms. The van der Waals surface area contributed by atoms with Crippen molar-refractivity contribution < 1.29 is 23.1 Å². The Balaban J connectivity index is 0.000000257. The van der Waals surface area contributed by atoms with E-state index in [1.54, 1.807) is 0 Å². The Morgan fingerprint density at radius 2 is 1.85 bits per heavy atom. The normalized spacial score (nSPS) is 19.4. The van der Waals surface area contributed by atoms with Crippen molar-refractivity contribution in [3.63, 3.8) is 0 Å². The van der Waals surface area contributed by atoms with E-state index in [0.29, 0.717) is 32.4 Å². The standard InChI is InChI=1S/C19H24N2O3S.C5H6N2O2/c1-25(23,24)21-17-10-6-5-9-15(17)16-13-20(12-11-18(16)21)19(22)14-7-3-2-4-8-14;6-3-5(1-2-5)7-4(8)9/h5-6,9-10,14H,2-4,7-8,11-13H2,1H3;7H,1-2H2,(H,8,9). The van der Waals surface area contributed by atoms with Crippen molar-refractivity contribution in [3.8, 4) is 6.07 Å². The predicted molar refractivity (Wildman–Crippen MR) is 127 cm³/mol. The van der Waals surface area contributed by atoms with E-state index < -0.39 is 21.7 Å². The van der Waals surface area contributed by atoms with Crippen molar-refractivity contribution in [2.24, 2.45) is 5.92 Å². The van der Waals surface area contributed by atoms with E-state index in [9.17, 15) is 18.0 Å². The van der Waals surface area contributed by atoms with Gasteiger partial charge in [0.2, 0.25) is 15.9 Å². The number of nitriles is 1. The molecule has 0 spiro atoms. The third-order valence-corrected chi connectivity index (χ3v) is 8.00. The number of aromatic nitrogens is 1. The molecule has 2 fully saturated rings. The maximum atomic E-state index is 12.9. The van der Waals surface area contributed by atoms with E-state index in [1.807, 2.05) is 35.2 Å². The maximum Gasteiger partial charge on any atom is 0.405 e. The van der Waals surface area contributed by atoms with Gasteiger partial charge in [0.15, 0.2) is 0 Å². The largest absolute Gasteiger partial charge is 0.465 e. The summed E-state index contributed by atoms with van der Waals surface area (Å²) < 4.78 is 26.1. The quantitative estimate of drug-likeness (QED) is 0.684. The second-order valence-electron chi connectivity index (χ2n) is 9.44. The van der Waals surface area contributed by atoms with Gasteiger partial charge in [-0.3, -0.25) is 4.79 Å². The molecule has 1 aromatic heterocycles. The van der Waals surface area contributed by atoms with Gasteiger partial charge in [-0.05, 0) is 31.7 Å². The highest BCUT2D eigenvalue weighted by atomic mass is 32.2. The van der Waals surface area contributed by atoms with Crippen LogP contribution in [0.1, 0.15) is 56.2 Å². The van der Waals surface area contributed by atoms with E-state index in [1.165, 1.54) is 16.6 Å². The molecule has 3 aliphatic rings. The summed E-state index contributed by atoms with van der Waals surface area (Å²) in [6, 6.07) is 9.49. The number of nitrogens with one attached hydrogen (secondary N) is 1. The molecule has 2 aliphatic carbocycles. The third kappa shape index (κ3) is 4.89. The molecular weight excluding hydrogens is 456 g/mol. The summed E-state index contributed by atoms with van der Waals surface area (Å²) in [5.74, 6) is 0.403. The maximum absolute atomic E-state index is 12.9. The zero-order valence-electron chi connectivity index (χ0n) is 19.3. The lowest BCUT2D eigenvalue weighted by Gasteiger charge is -2.32. The van der Waals surface area contributed by atoms with Crippen molar-refractivity contribution in [1.29, 1.82) is 5.26 Å². The van der Waals surface area contributed by atoms with Crippen LogP contribution in [0, 0.1) is 17.2 Å². The minimum Gasteiger partial charge on any atom is -0.465 e. The molecular formula is C24H30N4O5S. The average Bonchev–Trinajstić information content (AvgIpc) is 3.50. The summed E-state index contributed by atoms with van der Waals surface area (Å²) in [4.78, 5) is 24.8.